The van der Waals surface area contributed by atoms with Crippen LogP contribution < -0.4 is 10.9 Å². The number of fused-ring (bicyclic) bond motifs is 1. The highest BCUT2D eigenvalue weighted by atomic mass is 35.5. The summed E-state index contributed by atoms with van der Waals surface area (Å²) in [5, 5.41) is 4.70. The molecule has 1 heterocycles. The summed E-state index contributed by atoms with van der Waals surface area (Å²) < 4.78 is 0. The maximum absolute atomic E-state index is 12.1. The van der Waals surface area contributed by atoms with Gasteiger partial charge in [-0.15, -0.1) is 0 Å². The minimum absolute atomic E-state index is 0.102. The Morgan fingerprint density at radius 2 is 2.00 bits per heavy atom. The third-order valence-electron chi connectivity index (χ3n) is 4.13. The summed E-state index contributed by atoms with van der Waals surface area (Å²) in [7, 11) is 0. The Balaban J connectivity index is 1.76. The van der Waals surface area contributed by atoms with Crippen molar-refractivity contribution < 1.29 is 0 Å². The molecule has 0 unspecified atom stereocenters. The Hall–Kier alpha value is -1.39. The number of nitrogens with zero attached hydrogens (tertiary/aromatic N) is 1. The second-order valence-electron chi connectivity index (χ2n) is 5.74. The monoisotopic (exact) mass is 305 g/mol. The molecule has 0 atom stereocenters. The maximum Gasteiger partial charge on any atom is 0.258 e. The minimum atomic E-state index is -0.102. The Bertz CT molecular complexity index is 675. The van der Waals surface area contributed by atoms with Gasteiger partial charge in [-0.1, -0.05) is 37.3 Å². The normalized spacial score (nSPS) is 17.0. The van der Waals surface area contributed by atoms with E-state index in [1.165, 1.54) is 38.5 Å². The van der Waals surface area contributed by atoms with E-state index in [-0.39, 0.29) is 5.56 Å². The van der Waals surface area contributed by atoms with E-state index in [0.717, 1.165) is 0 Å². The largest absolute Gasteiger partial charge is 0.309 e. The van der Waals surface area contributed by atoms with Crippen molar-refractivity contribution in [3.05, 3.63) is 39.4 Å². The first-order valence-electron chi connectivity index (χ1n) is 7.64. The van der Waals surface area contributed by atoms with E-state index in [0.29, 0.717) is 34.3 Å². The number of rotatable bonds is 3. The van der Waals surface area contributed by atoms with Gasteiger partial charge in [0.15, 0.2) is 0 Å². The first-order valence-corrected chi connectivity index (χ1v) is 8.02. The van der Waals surface area contributed by atoms with Crippen LogP contribution in [-0.2, 0) is 6.54 Å². The van der Waals surface area contributed by atoms with Gasteiger partial charge in [-0.2, -0.15) is 0 Å². The molecule has 4 nitrogen and oxygen atoms in total. The van der Waals surface area contributed by atoms with Crippen molar-refractivity contribution in [3.63, 3.8) is 0 Å². The predicted octanol–water partition coefficient (Wildman–Crippen LogP) is 3.39. The summed E-state index contributed by atoms with van der Waals surface area (Å²) in [6.07, 6.45) is 7.67. The second-order valence-corrected chi connectivity index (χ2v) is 6.18. The summed E-state index contributed by atoms with van der Waals surface area (Å²) in [4.78, 5) is 19.4. The van der Waals surface area contributed by atoms with Crippen LogP contribution in [0.3, 0.4) is 0 Å². The summed E-state index contributed by atoms with van der Waals surface area (Å²) in [5.41, 5.74) is 0.554. The van der Waals surface area contributed by atoms with Gasteiger partial charge in [-0.3, -0.25) is 4.79 Å². The van der Waals surface area contributed by atoms with E-state index in [2.05, 4.69) is 15.3 Å². The van der Waals surface area contributed by atoms with E-state index in [9.17, 15) is 4.79 Å². The van der Waals surface area contributed by atoms with Crippen LogP contribution in [0.1, 0.15) is 44.3 Å². The van der Waals surface area contributed by atoms with Gasteiger partial charge in [0.2, 0.25) is 0 Å². The van der Waals surface area contributed by atoms with Crippen molar-refractivity contribution >= 4 is 22.5 Å². The third kappa shape index (κ3) is 3.63. The molecule has 1 aliphatic carbocycles. The van der Waals surface area contributed by atoms with Crippen molar-refractivity contribution in [2.45, 2.75) is 51.1 Å². The van der Waals surface area contributed by atoms with Gasteiger partial charge in [0.1, 0.15) is 5.82 Å². The number of aromatic amines is 1. The zero-order valence-electron chi connectivity index (χ0n) is 12.0. The summed E-state index contributed by atoms with van der Waals surface area (Å²) in [6, 6.07) is 5.70. The molecule has 2 aromatic rings. The molecular formula is C16H20ClN3O. The van der Waals surface area contributed by atoms with Gasteiger partial charge in [-0.05, 0) is 31.0 Å². The predicted molar refractivity (Wildman–Crippen MR) is 85.7 cm³/mol. The van der Waals surface area contributed by atoms with Crippen molar-refractivity contribution in [3.8, 4) is 0 Å². The van der Waals surface area contributed by atoms with E-state index in [1.807, 2.05) is 0 Å². The Morgan fingerprint density at radius 1 is 1.24 bits per heavy atom. The molecule has 0 bridgehead atoms. The van der Waals surface area contributed by atoms with Crippen LogP contribution in [-0.4, -0.2) is 16.0 Å². The standard InChI is InChI=1S/C16H20ClN3O/c17-11-7-8-13-14(9-11)19-15(20-16(13)21)10-18-12-5-3-1-2-4-6-12/h7-9,12,18H,1-6,10H2,(H,19,20,21). The number of benzene rings is 1. The van der Waals surface area contributed by atoms with Crippen LogP contribution in [0.4, 0.5) is 0 Å². The molecule has 21 heavy (non-hydrogen) atoms. The first kappa shape index (κ1) is 14.5. The van der Waals surface area contributed by atoms with Gasteiger partial charge in [-0.25, -0.2) is 4.98 Å². The van der Waals surface area contributed by atoms with Gasteiger partial charge >= 0.3 is 0 Å². The third-order valence-corrected chi connectivity index (χ3v) is 4.37. The topological polar surface area (TPSA) is 57.8 Å². The van der Waals surface area contributed by atoms with Gasteiger partial charge in [0.05, 0.1) is 17.4 Å². The number of hydrogen-bond donors (Lipinski definition) is 2. The Kier molecular flexibility index (Phi) is 4.56. The highest BCUT2D eigenvalue weighted by Crippen LogP contribution is 2.18. The summed E-state index contributed by atoms with van der Waals surface area (Å²) >= 11 is 5.97. The molecule has 2 N–H and O–H groups in total. The number of aromatic nitrogens is 2. The molecule has 5 heteroatoms. The van der Waals surface area contributed by atoms with E-state index in [4.69, 9.17) is 11.6 Å². The number of halogens is 1. The molecule has 0 spiro atoms. The molecule has 112 valence electrons. The van der Waals surface area contributed by atoms with Crippen LogP contribution in [0.15, 0.2) is 23.0 Å². The minimum Gasteiger partial charge on any atom is -0.309 e. The van der Waals surface area contributed by atoms with Crippen LogP contribution in [0.2, 0.25) is 5.02 Å². The number of H-pyrrole nitrogens is 1. The molecule has 0 saturated heterocycles. The molecule has 0 radical (unpaired) electrons. The average molecular weight is 306 g/mol. The second kappa shape index (κ2) is 6.58. The summed E-state index contributed by atoms with van der Waals surface area (Å²) in [6.45, 7) is 0.600. The van der Waals surface area contributed by atoms with Gasteiger partial charge in [0, 0.05) is 11.1 Å². The van der Waals surface area contributed by atoms with Gasteiger partial charge < -0.3 is 10.3 Å². The lowest BCUT2D eigenvalue weighted by atomic mass is 10.1. The first-order chi connectivity index (χ1) is 10.2. The van der Waals surface area contributed by atoms with Crippen molar-refractivity contribution in [1.29, 1.82) is 0 Å². The Labute approximate surface area is 128 Å². The Morgan fingerprint density at radius 3 is 2.76 bits per heavy atom. The fraction of sp³-hybridized carbons (Fsp3) is 0.500. The summed E-state index contributed by atoms with van der Waals surface area (Å²) in [5.74, 6) is 0.680. The molecule has 1 aromatic carbocycles. The lowest BCUT2D eigenvalue weighted by molar-refractivity contribution is 0.452. The van der Waals surface area contributed by atoms with Crippen molar-refractivity contribution in [2.24, 2.45) is 0 Å². The molecule has 1 fully saturated rings. The SMILES string of the molecule is O=c1[nH]c(CNC2CCCCCC2)nc2cc(Cl)ccc12. The molecular weight excluding hydrogens is 286 g/mol. The van der Waals surface area contributed by atoms with Crippen molar-refractivity contribution in [1.82, 2.24) is 15.3 Å². The zero-order valence-corrected chi connectivity index (χ0v) is 12.7. The van der Waals surface area contributed by atoms with E-state index in [1.54, 1.807) is 18.2 Å². The van der Waals surface area contributed by atoms with Crippen LogP contribution in [0, 0.1) is 0 Å². The van der Waals surface area contributed by atoms with E-state index < -0.39 is 0 Å². The molecule has 1 aromatic heterocycles. The highest BCUT2D eigenvalue weighted by molar-refractivity contribution is 6.31. The van der Waals surface area contributed by atoms with Crippen LogP contribution >= 0.6 is 11.6 Å². The number of nitrogens with one attached hydrogen (secondary N) is 2. The van der Waals surface area contributed by atoms with Crippen LogP contribution in [0.25, 0.3) is 10.9 Å². The zero-order chi connectivity index (χ0) is 14.7. The quantitative estimate of drug-likeness (QED) is 0.855. The lowest BCUT2D eigenvalue weighted by Crippen LogP contribution is -2.29. The van der Waals surface area contributed by atoms with Crippen LogP contribution in [0.5, 0.6) is 0 Å². The molecule has 1 saturated carbocycles. The highest BCUT2D eigenvalue weighted by Gasteiger charge is 2.12. The molecule has 0 aliphatic heterocycles. The smallest absolute Gasteiger partial charge is 0.258 e. The molecule has 0 amide bonds. The number of hydrogen-bond acceptors (Lipinski definition) is 3. The fourth-order valence-corrected chi connectivity index (χ4v) is 3.14. The van der Waals surface area contributed by atoms with E-state index >= 15 is 0 Å². The van der Waals surface area contributed by atoms with Crippen molar-refractivity contribution in [2.75, 3.05) is 0 Å². The van der Waals surface area contributed by atoms with Gasteiger partial charge in [0.25, 0.3) is 5.56 Å². The molecule has 1 aliphatic rings. The fourth-order valence-electron chi connectivity index (χ4n) is 2.97. The average Bonchev–Trinajstić information content (AvgIpc) is 2.73. The lowest BCUT2D eigenvalue weighted by Gasteiger charge is -2.15. The molecule has 3 rings (SSSR count). The maximum atomic E-state index is 12.1.